The quantitative estimate of drug-likeness (QED) is 0.878. The second kappa shape index (κ2) is 4.99. The first kappa shape index (κ1) is 13.5. The lowest BCUT2D eigenvalue weighted by Crippen LogP contribution is -2.63. The van der Waals surface area contributed by atoms with E-state index < -0.39 is 5.54 Å². The van der Waals surface area contributed by atoms with Crippen LogP contribution in [0.2, 0.25) is 0 Å². The Morgan fingerprint density at radius 3 is 2.84 bits per heavy atom. The van der Waals surface area contributed by atoms with E-state index in [-0.39, 0.29) is 18.4 Å². The molecule has 19 heavy (non-hydrogen) atoms. The summed E-state index contributed by atoms with van der Waals surface area (Å²) in [5.74, 6) is -0.196. The minimum Gasteiger partial charge on any atom is -0.341 e. The number of carbonyl (C=O) groups excluding carboxylic acids is 2. The molecule has 0 aliphatic carbocycles. The highest BCUT2D eigenvalue weighted by atomic mass is 16.2. The summed E-state index contributed by atoms with van der Waals surface area (Å²) in [5, 5.41) is 2.70. The van der Waals surface area contributed by atoms with Gasteiger partial charge >= 0.3 is 0 Å². The molecule has 1 aliphatic rings. The summed E-state index contributed by atoms with van der Waals surface area (Å²) in [6.07, 6.45) is 2.58. The van der Waals surface area contributed by atoms with Crippen LogP contribution in [0, 0.1) is 0 Å². The maximum Gasteiger partial charge on any atom is 0.248 e. The van der Waals surface area contributed by atoms with Gasteiger partial charge in [0, 0.05) is 6.20 Å². The summed E-state index contributed by atoms with van der Waals surface area (Å²) in [4.78, 5) is 29.8. The highest BCUT2D eigenvalue weighted by molar-refractivity contribution is 5.97. The Morgan fingerprint density at radius 1 is 1.42 bits per heavy atom. The van der Waals surface area contributed by atoms with Crippen LogP contribution in [-0.4, -0.2) is 33.8 Å². The zero-order valence-corrected chi connectivity index (χ0v) is 11.6. The summed E-state index contributed by atoms with van der Waals surface area (Å²) in [6, 6.07) is 3.89. The molecule has 0 radical (unpaired) electrons. The number of nitrogens with zero attached hydrogens (tertiary/aromatic N) is 2. The number of aromatic nitrogens is 1. The van der Waals surface area contributed by atoms with Gasteiger partial charge in [-0.3, -0.25) is 14.6 Å². The van der Waals surface area contributed by atoms with Crippen LogP contribution in [0.15, 0.2) is 18.3 Å². The lowest BCUT2D eigenvalue weighted by atomic mass is 10.00. The molecule has 5 heteroatoms. The molecule has 2 heterocycles. The maximum atomic E-state index is 12.3. The summed E-state index contributed by atoms with van der Waals surface area (Å²) >= 11 is 0. The van der Waals surface area contributed by atoms with E-state index in [9.17, 15) is 9.59 Å². The van der Waals surface area contributed by atoms with Gasteiger partial charge in [0.05, 0.1) is 12.2 Å². The number of hydrogen-bond donors (Lipinski definition) is 1. The van der Waals surface area contributed by atoms with Gasteiger partial charge in [0.1, 0.15) is 12.1 Å². The molecule has 0 unspecified atom stereocenters. The third-order valence-electron chi connectivity index (χ3n) is 3.31. The minimum atomic E-state index is -0.837. The molecule has 1 aliphatic heterocycles. The van der Waals surface area contributed by atoms with Crippen molar-refractivity contribution in [2.45, 2.75) is 39.3 Å². The van der Waals surface area contributed by atoms with Gasteiger partial charge in [-0.05, 0) is 31.9 Å². The average Bonchev–Trinajstić information content (AvgIpc) is 2.35. The van der Waals surface area contributed by atoms with E-state index >= 15 is 0 Å². The van der Waals surface area contributed by atoms with Crippen molar-refractivity contribution in [3.05, 3.63) is 29.6 Å². The average molecular weight is 261 g/mol. The van der Waals surface area contributed by atoms with E-state index in [1.54, 1.807) is 24.9 Å². The van der Waals surface area contributed by atoms with Gasteiger partial charge in [-0.1, -0.05) is 13.0 Å². The minimum absolute atomic E-state index is 0.0696. The first-order chi connectivity index (χ1) is 8.94. The molecule has 2 amide bonds. The van der Waals surface area contributed by atoms with Crippen LogP contribution in [0.4, 0.5) is 0 Å². The van der Waals surface area contributed by atoms with Crippen LogP contribution in [-0.2, 0) is 22.6 Å². The van der Waals surface area contributed by atoms with Gasteiger partial charge in [0.15, 0.2) is 0 Å². The molecule has 5 nitrogen and oxygen atoms in total. The third kappa shape index (κ3) is 2.75. The Morgan fingerprint density at radius 2 is 2.16 bits per heavy atom. The summed E-state index contributed by atoms with van der Waals surface area (Å²) in [5.41, 5.74) is 1.14. The van der Waals surface area contributed by atoms with Crippen LogP contribution in [0.1, 0.15) is 32.0 Å². The number of rotatable bonds is 3. The molecular formula is C14H19N3O2. The fourth-order valence-electron chi connectivity index (χ4n) is 2.33. The normalized spacial score (nSPS) is 18.4. The second-order valence-corrected chi connectivity index (χ2v) is 5.30. The van der Waals surface area contributed by atoms with Gasteiger partial charge in [-0.25, -0.2) is 0 Å². The van der Waals surface area contributed by atoms with Gasteiger partial charge in [0.25, 0.3) is 0 Å². The van der Waals surface area contributed by atoms with Crippen LogP contribution >= 0.6 is 0 Å². The Bertz CT molecular complexity index is 511. The van der Waals surface area contributed by atoms with E-state index in [1.165, 1.54) is 0 Å². The van der Waals surface area contributed by atoms with E-state index in [1.807, 2.05) is 12.1 Å². The van der Waals surface area contributed by atoms with Crippen LogP contribution in [0.5, 0.6) is 0 Å². The lowest BCUT2D eigenvalue weighted by Gasteiger charge is -2.37. The first-order valence-corrected chi connectivity index (χ1v) is 6.47. The molecule has 102 valence electrons. The molecule has 0 atom stereocenters. The van der Waals surface area contributed by atoms with Gasteiger partial charge < -0.3 is 10.2 Å². The van der Waals surface area contributed by atoms with Crippen molar-refractivity contribution in [1.82, 2.24) is 15.2 Å². The smallest absolute Gasteiger partial charge is 0.248 e. The molecule has 1 aromatic rings. The van der Waals surface area contributed by atoms with Gasteiger partial charge in [-0.2, -0.15) is 0 Å². The van der Waals surface area contributed by atoms with E-state index in [4.69, 9.17) is 0 Å². The van der Waals surface area contributed by atoms with Crippen molar-refractivity contribution in [3.63, 3.8) is 0 Å². The Hall–Kier alpha value is -1.91. The van der Waals surface area contributed by atoms with Crippen molar-refractivity contribution in [2.24, 2.45) is 0 Å². The molecule has 0 spiro atoms. The second-order valence-electron chi connectivity index (χ2n) is 5.30. The summed E-state index contributed by atoms with van der Waals surface area (Å²) in [6.45, 7) is 5.98. The van der Waals surface area contributed by atoms with E-state index in [0.717, 1.165) is 17.7 Å². The van der Waals surface area contributed by atoms with Crippen molar-refractivity contribution in [2.75, 3.05) is 6.54 Å². The molecule has 1 N–H and O–H groups in total. The Kier molecular flexibility index (Phi) is 3.55. The molecule has 0 aromatic carbocycles. The lowest BCUT2D eigenvalue weighted by molar-refractivity contribution is -0.149. The molecule has 1 aromatic heterocycles. The van der Waals surface area contributed by atoms with E-state index in [0.29, 0.717) is 6.54 Å². The standard InChI is InChI=1S/C14H19N3O2/c1-4-10-6-5-7-15-11(10)8-17-9-12(18)16-14(2,3)13(17)19/h5-7H,4,8-9H2,1-3H3,(H,16,18). The third-order valence-corrected chi connectivity index (χ3v) is 3.31. The fraction of sp³-hybridized carbons (Fsp3) is 0.500. The van der Waals surface area contributed by atoms with Crippen molar-refractivity contribution >= 4 is 11.8 Å². The number of carbonyl (C=O) groups is 2. The fourth-order valence-corrected chi connectivity index (χ4v) is 2.33. The summed E-state index contributed by atoms with van der Waals surface area (Å²) < 4.78 is 0. The number of nitrogens with one attached hydrogen (secondary N) is 1. The number of amides is 2. The van der Waals surface area contributed by atoms with E-state index in [2.05, 4.69) is 17.2 Å². The zero-order chi connectivity index (χ0) is 14.0. The molecule has 2 rings (SSSR count). The van der Waals surface area contributed by atoms with Crippen molar-refractivity contribution < 1.29 is 9.59 Å². The predicted molar refractivity (Wildman–Crippen MR) is 71.3 cm³/mol. The molecule has 0 saturated carbocycles. The van der Waals surface area contributed by atoms with Crippen LogP contribution in [0.3, 0.4) is 0 Å². The van der Waals surface area contributed by atoms with Crippen LogP contribution < -0.4 is 5.32 Å². The Labute approximate surface area is 113 Å². The topological polar surface area (TPSA) is 62.3 Å². The number of aryl methyl sites for hydroxylation is 1. The SMILES string of the molecule is CCc1cccnc1CN1CC(=O)NC(C)(C)C1=O. The zero-order valence-electron chi connectivity index (χ0n) is 11.6. The summed E-state index contributed by atoms with van der Waals surface area (Å²) in [7, 11) is 0. The monoisotopic (exact) mass is 261 g/mol. The number of hydrogen-bond acceptors (Lipinski definition) is 3. The van der Waals surface area contributed by atoms with Gasteiger partial charge in [0.2, 0.25) is 11.8 Å². The molecule has 1 fully saturated rings. The molecule has 1 saturated heterocycles. The number of piperazine rings is 1. The highest BCUT2D eigenvalue weighted by Gasteiger charge is 2.39. The highest BCUT2D eigenvalue weighted by Crippen LogP contribution is 2.17. The van der Waals surface area contributed by atoms with Crippen LogP contribution in [0.25, 0.3) is 0 Å². The Balaban J connectivity index is 2.22. The first-order valence-electron chi connectivity index (χ1n) is 6.47. The number of pyridine rings is 1. The van der Waals surface area contributed by atoms with Crippen molar-refractivity contribution in [1.29, 1.82) is 0 Å². The predicted octanol–water partition coefficient (Wildman–Crippen LogP) is 0.881. The molecule has 0 bridgehead atoms. The largest absolute Gasteiger partial charge is 0.341 e. The molecular weight excluding hydrogens is 242 g/mol. The maximum absolute atomic E-state index is 12.3. The van der Waals surface area contributed by atoms with Crippen molar-refractivity contribution in [3.8, 4) is 0 Å². The van der Waals surface area contributed by atoms with Gasteiger partial charge in [-0.15, -0.1) is 0 Å².